The number of fused-ring (bicyclic) bond motifs is 1. The highest BCUT2D eigenvalue weighted by molar-refractivity contribution is 7.15. The molecule has 0 fully saturated rings. The van der Waals surface area contributed by atoms with Crippen LogP contribution in [0.25, 0.3) is 4.96 Å². The molecule has 2 aromatic heterocycles. The van der Waals surface area contributed by atoms with Crippen molar-refractivity contribution in [3.63, 3.8) is 0 Å². The van der Waals surface area contributed by atoms with Crippen molar-refractivity contribution in [2.75, 3.05) is 13.7 Å². The lowest BCUT2D eigenvalue weighted by Gasteiger charge is -2.18. The van der Waals surface area contributed by atoms with Crippen LogP contribution in [0.15, 0.2) is 29.8 Å². The standard InChI is InChI=1S/C18H21N3O2S/c1-12-5-6-13(2)16(9-12)23-11-17(22)20(4)10-15-14(3)19-18-21(15)7-8-24-18/h5-9H,10-11H2,1-4H3. The van der Waals surface area contributed by atoms with Crippen LogP contribution in [-0.4, -0.2) is 33.8 Å². The van der Waals surface area contributed by atoms with Crippen molar-refractivity contribution >= 4 is 22.2 Å². The smallest absolute Gasteiger partial charge is 0.260 e. The van der Waals surface area contributed by atoms with Crippen LogP contribution in [0.5, 0.6) is 5.75 Å². The van der Waals surface area contributed by atoms with E-state index < -0.39 is 0 Å². The molecule has 0 spiro atoms. The van der Waals surface area contributed by atoms with E-state index in [-0.39, 0.29) is 12.5 Å². The van der Waals surface area contributed by atoms with E-state index in [0.29, 0.717) is 6.54 Å². The zero-order valence-electron chi connectivity index (χ0n) is 14.4. The van der Waals surface area contributed by atoms with Crippen molar-refractivity contribution in [3.05, 3.63) is 52.3 Å². The summed E-state index contributed by atoms with van der Waals surface area (Å²) >= 11 is 1.59. The third-order valence-corrected chi connectivity index (χ3v) is 4.83. The summed E-state index contributed by atoms with van der Waals surface area (Å²) in [6.07, 6.45) is 1.99. The van der Waals surface area contributed by atoms with Crippen molar-refractivity contribution < 1.29 is 9.53 Å². The molecule has 3 aromatic rings. The quantitative estimate of drug-likeness (QED) is 0.714. The van der Waals surface area contributed by atoms with Gasteiger partial charge in [-0.2, -0.15) is 0 Å². The average molecular weight is 343 g/mol. The zero-order chi connectivity index (χ0) is 17.3. The van der Waals surface area contributed by atoms with E-state index in [4.69, 9.17) is 4.74 Å². The van der Waals surface area contributed by atoms with E-state index in [2.05, 4.69) is 4.98 Å². The third kappa shape index (κ3) is 3.28. The summed E-state index contributed by atoms with van der Waals surface area (Å²) in [6, 6.07) is 5.99. The summed E-state index contributed by atoms with van der Waals surface area (Å²) in [5.74, 6) is 0.706. The number of hydrogen-bond donors (Lipinski definition) is 0. The highest BCUT2D eigenvalue weighted by Gasteiger charge is 2.16. The molecular weight excluding hydrogens is 322 g/mol. The predicted octanol–water partition coefficient (Wildman–Crippen LogP) is 3.36. The van der Waals surface area contributed by atoms with Crippen LogP contribution in [0, 0.1) is 20.8 Å². The number of carbonyl (C=O) groups is 1. The second kappa shape index (κ2) is 6.65. The molecule has 3 rings (SSSR count). The van der Waals surface area contributed by atoms with Crippen molar-refractivity contribution in [2.45, 2.75) is 27.3 Å². The minimum absolute atomic E-state index is 0.0332. The SMILES string of the molecule is Cc1ccc(C)c(OCC(=O)N(C)Cc2c(C)nc3sccn23)c1. The Morgan fingerprint density at radius 1 is 1.33 bits per heavy atom. The van der Waals surface area contributed by atoms with Gasteiger partial charge in [-0.3, -0.25) is 9.20 Å². The first-order valence-electron chi connectivity index (χ1n) is 7.80. The van der Waals surface area contributed by atoms with E-state index in [1.165, 1.54) is 0 Å². The number of amides is 1. The normalized spacial score (nSPS) is 11.0. The van der Waals surface area contributed by atoms with Crippen LogP contribution in [0.3, 0.4) is 0 Å². The monoisotopic (exact) mass is 343 g/mol. The van der Waals surface area contributed by atoms with Gasteiger partial charge in [-0.25, -0.2) is 4.98 Å². The van der Waals surface area contributed by atoms with E-state index in [0.717, 1.165) is 33.2 Å². The molecule has 0 saturated heterocycles. The van der Waals surface area contributed by atoms with E-state index in [1.54, 1.807) is 23.3 Å². The van der Waals surface area contributed by atoms with Crippen LogP contribution in [0.1, 0.15) is 22.5 Å². The number of likely N-dealkylation sites (N-methyl/N-ethyl adjacent to an activating group) is 1. The van der Waals surface area contributed by atoms with Gasteiger partial charge in [0, 0.05) is 18.6 Å². The largest absolute Gasteiger partial charge is 0.483 e. The van der Waals surface area contributed by atoms with Gasteiger partial charge in [0.1, 0.15) is 5.75 Å². The summed E-state index contributed by atoms with van der Waals surface area (Å²) in [5.41, 5.74) is 4.14. The van der Waals surface area contributed by atoms with Gasteiger partial charge in [-0.1, -0.05) is 12.1 Å². The summed E-state index contributed by atoms with van der Waals surface area (Å²) in [7, 11) is 1.79. The second-order valence-electron chi connectivity index (χ2n) is 6.01. The number of thiazole rings is 1. The van der Waals surface area contributed by atoms with Gasteiger partial charge >= 0.3 is 0 Å². The molecule has 0 saturated carbocycles. The molecule has 0 atom stereocenters. The number of aryl methyl sites for hydroxylation is 3. The lowest BCUT2D eigenvalue weighted by Crippen LogP contribution is -2.31. The minimum Gasteiger partial charge on any atom is -0.483 e. The number of carbonyl (C=O) groups excluding carboxylic acids is 1. The fourth-order valence-electron chi connectivity index (χ4n) is 2.56. The number of imidazole rings is 1. The molecule has 24 heavy (non-hydrogen) atoms. The first kappa shape index (κ1) is 16.5. The molecule has 1 amide bonds. The molecule has 0 aliphatic carbocycles. The molecule has 0 aliphatic rings. The molecule has 0 unspecified atom stereocenters. The molecule has 0 radical (unpaired) electrons. The fourth-order valence-corrected chi connectivity index (χ4v) is 3.34. The summed E-state index contributed by atoms with van der Waals surface area (Å²) in [5, 5.41) is 2.00. The van der Waals surface area contributed by atoms with Crippen molar-refractivity contribution in [1.29, 1.82) is 0 Å². The van der Waals surface area contributed by atoms with Crippen molar-refractivity contribution in [3.8, 4) is 5.75 Å². The molecule has 0 N–H and O–H groups in total. The summed E-state index contributed by atoms with van der Waals surface area (Å²) in [4.78, 5) is 19.5. The van der Waals surface area contributed by atoms with Gasteiger partial charge in [0.25, 0.3) is 5.91 Å². The zero-order valence-corrected chi connectivity index (χ0v) is 15.2. The van der Waals surface area contributed by atoms with Crippen molar-refractivity contribution in [1.82, 2.24) is 14.3 Å². The molecule has 126 valence electrons. The average Bonchev–Trinajstić information content (AvgIpc) is 3.10. The van der Waals surface area contributed by atoms with Gasteiger partial charge in [0.2, 0.25) is 0 Å². The Labute approximate surface area is 145 Å². The highest BCUT2D eigenvalue weighted by Crippen LogP contribution is 2.20. The summed E-state index contributed by atoms with van der Waals surface area (Å²) in [6.45, 7) is 6.50. The Kier molecular flexibility index (Phi) is 4.57. The van der Waals surface area contributed by atoms with Crippen LogP contribution in [0.2, 0.25) is 0 Å². The Morgan fingerprint density at radius 2 is 2.12 bits per heavy atom. The molecule has 0 bridgehead atoms. The Hall–Kier alpha value is -2.34. The third-order valence-electron chi connectivity index (χ3n) is 4.07. The van der Waals surface area contributed by atoms with Crippen LogP contribution < -0.4 is 4.74 Å². The van der Waals surface area contributed by atoms with Gasteiger partial charge < -0.3 is 9.64 Å². The maximum absolute atomic E-state index is 12.4. The van der Waals surface area contributed by atoms with Crippen molar-refractivity contribution in [2.24, 2.45) is 0 Å². The maximum Gasteiger partial charge on any atom is 0.260 e. The van der Waals surface area contributed by atoms with Gasteiger partial charge in [-0.05, 0) is 38.0 Å². The topological polar surface area (TPSA) is 46.8 Å². The molecule has 2 heterocycles. The fraction of sp³-hybridized carbons (Fsp3) is 0.333. The number of hydrogen-bond acceptors (Lipinski definition) is 4. The van der Waals surface area contributed by atoms with E-state index in [9.17, 15) is 4.79 Å². The molecule has 1 aromatic carbocycles. The number of nitrogens with zero attached hydrogens (tertiary/aromatic N) is 3. The van der Waals surface area contributed by atoms with E-state index in [1.807, 2.05) is 54.9 Å². The second-order valence-corrected chi connectivity index (χ2v) is 6.88. The number of benzene rings is 1. The lowest BCUT2D eigenvalue weighted by molar-refractivity contribution is -0.132. The molecule has 0 aliphatic heterocycles. The Balaban J connectivity index is 1.65. The van der Waals surface area contributed by atoms with Crippen LogP contribution >= 0.6 is 11.3 Å². The number of rotatable bonds is 5. The van der Waals surface area contributed by atoms with E-state index >= 15 is 0 Å². The first-order valence-corrected chi connectivity index (χ1v) is 8.68. The Morgan fingerprint density at radius 3 is 2.92 bits per heavy atom. The number of ether oxygens (including phenoxy) is 1. The van der Waals surface area contributed by atoms with Gasteiger partial charge in [0.15, 0.2) is 11.6 Å². The predicted molar refractivity (Wildman–Crippen MR) is 95.7 cm³/mol. The van der Waals surface area contributed by atoms with Gasteiger partial charge in [-0.15, -0.1) is 11.3 Å². The minimum atomic E-state index is -0.0551. The Bertz CT molecular complexity index is 882. The summed E-state index contributed by atoms with van der Waals surface area (Å²) < 4.78 is 7.75. The highest BCUT2D eigenvalue weighted by atomic mass is 32.1. The van der Waals surface area contributed by atoms with Crippen LogP contribution in [0.4, 0.5) is 0 Å². The molecule has 5 nitrogen and oxygen atoms in total. The van der Waals surface area contributed by atoms with Crippen LogP contribution in [-0.2, 0) is 11.3 Å². The maximum atomic E-state index is 12.4. The molecule has 6 heteroatoms. The number of aromatic nitrogens is 2. The van der Waals surface area contributed by atoms with Gasteiger partial charge in [0.05, 0.1) is 17.9 Å². The first-order chi connectivity index (χ1) is 11.5. The lowest BCUT2D eigenvalue weighted by atomic mass is 10.1. The molecular formula is C18H21N3O2S.